The number of carbonyl (C=O) groups is 1. The third-order valence-electron chi connectivity index (χ3n) is 4.57. The molecule has 0 radical (unpaired) electrons. The molecule has 26 heavy (non-hydrogen) atoms. The average Bonchev–Trinajstić information content (AvgIpc) is 3.25. The fourth-order valence-corrected chi connectivity index (χ4v) is 4.86. The number of nitrogens with one attached hydrogen (secondary N) is 2. The molecule has 0 amide bonds. The number of hydrogen-bond acceptors (Lipinski definition) is 5. The highest BCUT2D eigenvalue weighted by Gasteiger charge is 2.28. The van der Waals surface area contributed by atoms with Crippen LogP contribution in [-0.2, 0) is 24.1 Å². The number of ether oxygens (including phenoxy) is 1. The summed E-state index contributed by atoms with van der Waals surface area (Å²) in [5, 5.41) is 7.75. The summed E-state index contributed by atoms with van der Waals surface area (Å²) in [6.45, 7) is 3.88. The third-order valence-corrected chi connectivity index (χ3v) is 5.98. The summed E-state index contributed by atoms with van der Waals surface area (Å²) in [7, 11) is 1.42. The fourth-order valence-electron chi connectivity index (χ4n) is 3.19. The highest BCUT2D eigenvalue weighted by atomic mass is 32.1. The Morgan fingerprint density at radius 1 is 1.54 bits per heavy atom. The summed E-state index contributed by atoms with van der Waals surface area (Å²) in [6.07, 6.45) is 9.48. The zero-order chi connectivity index (χ0) is 18.5. The topological polar surface area (TPSA) is 68.2 Å². The molecule has 8 heteroatoms. The minimum atomic E-state index is -0.289. The molecule has 0 bridgehead atoms. The molecule has 2 heterocycles. The number of aromatic nitrogens is 2. The van der Waals surface area contributed by atoms with E-state index in [1.807, 2.05) is 10.8 Å². The number of thiocarbonyl (C=S) groups is 1. The summed E-state index contributed by atoms with van der Waals surface area (Å²) in [5.41, 5.74) is 1.78. The van der Waals surface area contributed by atoms with Crippen LogP contribution in [0.2, 0.25) is 0 Å². The van der Waals surface area contributed by atoms with Crippen LogP contribution in [0.5, 0.6) is 0 Å². The van der Waals surface area contributed by atoms with Gasteiger partial charge in [0.25, 0.3) is 0 Å². The molecule has 1 unspecified atom stereocenters. The number of nitrogens with zero attached hydrogens (tertiary/aromatic N) is 2. The standard InChI is InChI=1S/C18H24N4O2S2/c1-12-4-5-13-14(10-12)26-16(15(13)17(23)24-2)21-18(25)20-6-3-8-22-9-7-19-11-22/h7,9,11-12H,3-6,8,10H2,1-2H3,(H2,20,21,25). The summed E-state index contributed by atoms with van der Waals surface area (Å²) in [6, 6.07) is 0. The molecular formula is C18H24N4O2S2. The molecule has 0 fully saturated rings. The highest BCUT2D eigenvalue weighted by Crippen LogP contribution is 2.39. The van der Waals surface area contributed by atoms with Crippen LogP contribution in [0, 0.1) is 5.92 Å². The van der Waals surface area contributed by atoms with Gasteiger partial charge in [0, 0.05) is 30.4 Å². The number of thiophene rings is 1. The second-order valence-corrected chi connectivity index (χ2v) is 8.10. The Balaban J connectivity index is 1.61. The van der Waals surface area contributed by atoms with Gasteiger partial charge in [-0.1, -0.05) is 6.92 Å². The second kappa shape index (κ2) is 8.64. The van der Waals surface area contributed by atoms with Gasteiger partial charge in [0.1, 0.15) is 5.00 Å². The molecule has 0 aromatic carbocycles. The van der Waals surface area contributed by atoms with E-state index in [4.69, 9.17) is 17.0 Å². The molecule has 0 saturated heterocycles. The van der Waals surface area contributed by atoms with Crippen molar-refractivity contribution in [3.05, 3.63) is 34.7 Å². The van der Waals surface area contributed by atoms with Crippen molar-refractivity contribution in [3.63, 3.8) is 0 Å². The predicted octanol–water partition coefficient (Wildman–Crippen LogP) is 3.23. The van der Waals surface area contributed by atoms with E-state index in [1.54, 1.807) is 23.9 Å². The molecule has 140 valence electrons. The molecule has 3 rings (SSSR count). The van der Waals surface area contributed by atoms with Crippen molar-refractivity contribution in [2.45, 2.75) is 39.2 Å². The first kappa shape index (κ1) is 18.8. The SMILES string of the molecule is COC(=O)c1c(NC(=S)NCCCn2ccnc2)sc2c1CCC(C)C2. The van der Waals surface area contributed by atoms with E-state index in [1.165, 1.54) is 12.0 Å². The molecule has 2 aromatic rings. The average molecular weight is 393 g/mol. The molecule has 2 N–H and O–H groups in total. The van der Waals surface area contributed by atoms with E-state index in [0.717, 1.165) is 49.3 Å². The van der Waals surface area contributed by atoms with Gasteiger partial charge in [-0.25, -0.2) is 9.78 Å². The molecular weight excluding hydrogens is 368 g/mol. The highest BCUT2D eigenvalue weighted by molar-refractivity contribution is 7.80. The van der Waals surface area contributed by atoms with E-state index in [0.29, 0.717) is 16.6 Å². The molecule has 0 spiro atoms. The van der Waals surface area contributed by atoms with Gasteiger partial charge in [0.05, 0.1) is 19.0 Å². The maximum Gasteiger partial charge on any atom is 0.341 e. The van der Waals surface area contributed by atoms with Crippen LogP contribution < -0.4 is 10.6 Å². The van der Waals surface area contributed by atoms with Crippen molar-refractivity contribution in [2.24, 2.45) is 5.92 Å². The number of fused-ring (bicyclic) bond motifs is 1. The van der Waals surface area contributed by atoms with Crippen molar-refractivity contribution in [2.75, 3.05) is 19.0 Å². The Bertz CT molecular complexity index is 771. The number of imidazole rings is 1. The molecule has 1 aliphatic rings. The van der Waals surface area contributed by atoms with Gasteiger partial charge < -0.3 is 19.9 Å². The van der Waals surface area contributed by atoms with Gasteiger partial charge in [-0.3, -0.25) is 0 Å². The maximum atomic E-state index is 12.3. The van der Waals surface area contributed by atoms with E-state index < -0.39 is 0 Å². The summed E-state index contributed by atoms with van der Waals surface area (Å²) in [5.74, 6) is 0.357. The first-order chi connectivity index (χ1) is 12.6. The van der Waals surface area contributed by atoms with E-state index in [9.17, 15) is 4.79 Å². The van der Waals surface area contributed by atoms with Crippen molar-refractivity contribution >= 4 is 39.6 Å². The summed E-state index contributed by atoms with van der Waals surface area (Å²) in [4.78, 5) is 17.6. The van der Waals surface area contributed by atoms with Crippen molar-refractivity contribution in [1.29, 1.82) is 0 Å². The smallest absolute Gasteiger partial charge is 0.341 e. The molecule has 6 nitrogen and oxygen atoms in total. The lowest BCUT2D eigenvalue weighted by atomic mass is 9.88. The van der Waals surface area contributed by atoms with Gasteiger partial charge in [-0.15, -0.1) is 11.3 Å². The predicted molar refractivity (Wildman–Crippen MR) is 108 cm³/mol. The normalized spacial score (nSPS) is 16.0. The van der Waals surface area contributed by atoms with Crippen LogP contribution >= 0.6 is 23.6 Å². The Morgan fingerprint density at radius 3 is 3.12 bits per heavy atom. The summed E-state index contributed by atoms with van der Waals surface area (Å²) < 4.78 is 7.03. The van der Waals surface area contributed by atoms with Crippen LogP contribution in [-0.4, -0.2) is 34.3 Å². The van der Waals surface area contributed by atoms with Crippen LogP contribution in [0.4, 0.5) is 5.00 Å². The second-order valence-electron chi connectivity index (χ2n) is 6.58. The quantitative estimate of drug-likeness (QED) is 0.447. The third kappa shape index (κ3) is 4.42. The molecule has 1 aliphatic carbocycles. The molecule has 1 atom stereocenters. The van der Waals surface area contributed by atoms with Gasteiger partial charge >= 0.3 is 5.97 Å². The minimum absolute atomic E-state index is 0.289. The number of carbonyl (C=O) groups excluding carboxylic acids is 1. The Labute approximate surface area is 163 Å². The monoisotopic (exact) mass is 392 g/mol. The Hall–Kier alpha value is -1.93. The number of methoxy groups -OCH3 is 1. The van der Waals surface area contributed by atoms with E-state index in [-0.39, 0.29) is 5.97 Å². The van der Waals surface area contributed by atoms with Crippen molar-refractivity contribution in [1.82, 2.24) is 14.9 Å². The number of esters is 1. The van der Waals surface area contributed by atoms with Gasteiger partial charge in [-0.2, -0.15) is 0 Å². The zero-order valence-electron chi connectivity index (χ0n) is 15.1. The van der Waals surface area contributed by atoms with Crippen LogP contribution in [0.3, 0.4) is 0 Å². The lowest BCUT2D eigenvalue weighted by Crippen LogP contribution is -2.30. The van der Waals surface area contributed by atoms with Crippen molar-refractivity contribution < 1.29 is 9.53 Å². The largest absolute Gasteiger partial charge is 0.465 e. The number of anilines is 1. The fraction of sp³-hybridized carbons (Fsp3) is 0.500. The first-order valence-electron chi connectivity index (χ1n) is 8.82. The minimum Gasteiger partial charge on any atom is -0.465 e. The molecule has 0 saturated carbocycles. The Morgan fingerprint density at radius 2 is 2.38 bits per heavy atom. The first-order valence-corrected chi connectivity index (χ1v) is 10.0. The Kier molecular flexibility index (Phi) is 6.26. The van der Waals surface area contributed by atoms with Gasteiger partial charge in [0.2, 0.25) is 0 Å². The maximum absolute atomic E-state index is 12.3. The lowest BCUT2D eigenvalue weighted by Gasteiger charge is -2.18. The molecule has 0 aliphatic heterocycles. The number of aryl methyl sites for hydroxylation is 1. The number of rotatable bonds is 6. The lowest BCUT2D eigenvalue weighted by molar-refractivity contribution is 0.0601. The molecule has 2 aromatic heterocycles. The van der Waals surface area contributed by atoms with Crippen molar-refractivity contribution in [3.8, 4) is 0 Å². The van der Waals surface area contributed by atoms with Gasteiger partial charge in [0.15, 0.2) is 5.11 Å². The van der Waals surface area contributed by atoms with Crippen LogP contribution in [0.1, 0.15) is 40.6 Å². The van der Waals surface area contributed by atoms with Gasteiger partial charge in [-0.05, 0) is 49.4 Å². The van der Waals surface area contributed by atoms with E-state index >= 15 is 0 Å². The van der Waals surface area contributed by atoms with Crippen LogP contribution in [0.15, 0.2) is 18.7 Å². The van der Waals surface area contributed by atoms with Crippen LogP contribution in [0.25, 0.3) is 0 Å². The number of hydrogen-bond donors (Lipinski definition) is 2. The summed E-state index contributed by atoms with van der Waals surface area (Å²) >= 11 is 7.03. The van der Waals surface area contributed by atoms with E-state index in [2.05, 4.69) is 22.5 Å². The zero-order valence-corrected chi connectivity index (χ0v) is 16.7.